The molecule has 7 nitrogen and oxygen atoms in total. The van der Waals surface area contributed by atoms with Crippen LogP contribution >= 0.6 is 11.6 Å². The zero-order valence-electron chi connectivity index (χ0n) is 12.1. The molecule has 0 bridgehead atoms. The van der Waals surface area contributed by atoms with E-state index < -0.39 is 6.09 Å². The van der Waals surface area contributed by atoms with Crippen LogP contribution in [0, 0.1) is 0 Å². The number of anilines is 1. The molecule has 1 aromatic carbocycles. The smallest absolute Gasteiger partial charge is 0.407 e. The van der Waals surface area contributed by atoms with E-state index >= 15 is 0 Å². The lowest BCUT2D eigenvalue weighted by Crippen LogP contribution is -2.35. The molecule has 0 aliphatic rings. The highest BCUT2D eigenvalue weighted by Crippen LogP contribution is 2.10. The van der Waals surface area contributed by atoms with E-state index in [1.165, 1.54) is 6.92 Å². The maximum atomic E-state index is 11.9. The van der Waals surface area contributed by atoms with Crippen molar-refractivity contribution in [2.24, 2.45) is 0 Å². The van der Waals surface area contributed by atoms with E-state index in [4.69, 9.17) is 16.3 Å². The molecule has 3 N–H and O–H groups in total. The predicted molar refractivity (Wildman–Crippen MR) is 83.1 cm³/mol. The van der Waals surface area contributed by atoms with Gasteiger partial charge in [-0.3, -0.25) is 9.59 Å². The lowest BCUT2D eigenvalue weighted by Gasteiger charge is -2.08. The molecular weight excluding hydrogens is 310 g/mol. The van der Waals surface area contributed by atoms with Crippen molar-refractivity contribution in [2.45, 2.75) is 6.92 Å². The van der Waals surface area contributed by atoms with Crippen molar-refractivity contribution in [2.75, 3.05) is 30.9 Å². The zero-order valence-corrected chi connectivity index (χ0v) is 12.9. The summed E-state index contributed by atoms with van der Waals surface area (Å²) in [6, 6.07) is 6.55. The Hall–Kier alpha value is -2.28. The topological polar surface area (TPSA) is 96.5 Å². The number of nitrogens with one attached hydrogen (secondary N) is 3. The molecule has 0 radical (unpaired) electrons. The van der Waals surface area contributed by atoms with Gasteiger partial charge in [0.15, 0.2) is 0 Å². The Labute approximate surface area is 133 Å². The van der Waals surface area contributed by atoms with Gasteiger partial charge in [0, 0.05) is 31.3 Å². The normalized spacial score (nSPS) is 9.73. The number of alkyl halides is 1. The predicted octanol–water partition coefficient (Wildman–Crippen LogP) is 1.34. The fourth-order valence-corrected chi connectivity index (χ4v) is 1.64. The van der Waals surface area contributed by atoms with Gasteiger partial charge >= 0.3 is 6.09 Å². The van der Waals surface area contributed by atoms with Crippen LogP contribution in [-0.2, 0) is 9.53 Å². The van der Waals surface area contributed by atoms with Gasteiger partial charge < -0.3 is 20.7 Å². The molecule has 22 heavy (non-hydrogen) atoms. The summed E-state index contributed by atoms with van der Waals surface area (Å²) in [5.74, 6) is -0.283. The first-order chi connectivity index (χ1) is 10.5. The third-order valence-corrected chi connectivity index (χ3v) is 2.59. The third-order valence-electron chi connectivity index (χ3n) is 2.44. The molecule has 1 aromatic rings. The van der Waals surface area contributed by atoms with E-state index in [0.717, 1.165) is 0 Å². The zero-order chi connectivity index (χ0) is 16.4. The number of hydrogen-bond donors (Lipinski definition) is 3. The van der Waals surface area contributed by atoms with Crippen LogP contribution in [0.2, 0.25) is 0 Å². The highest BCUT2D eigenvalue weighted by Gasteiger charge is 2.07. The van der Waals surface area contributed by atoms with Gasteiger partial charge in [-0.2, -0.15) is 0 Å². The summed E-state index contributed by atoms with van der Waals surface area (Å²) < 4.78 is 4.70. The number of halogens is 1. The summed E-state index contributed by atoms with van der Waals surface area (Å²) in [6.07, 6.45) is -0.581. The van der Waals surface area contributed by atoms with Gasteiger partial charge in [0.2, 0.25) is 5.91 Å². The average Bonchev–Trinajstić information content (AvgIpc) is 2.49. The van der Waals surface area contributed by atoms with Crippen LogP contribution < -0.4 is 16.0 Å². The SMILES string of the molecule is CC(=O)Nc1cccc(C(=O)NCCNC(=O)OCCCl)c1. The largest absolute Gasteiger partial charge is 0.448 e. The monoisotopic (exact) mass is 327 g/mol. The van der Waals surface area contributed by atoms with Crippen LogP contribution in [0.5, 0.6) is 0 Å². The molecule has 0 saturated heterocycles. The van der Waals surface area contributed by atoms with Crippen molar-refractivity contribution in [3.8, 4) is 0 Å². The van der Waals surface area contributed by atoms with Crippen molar-refractivity contribution in [3.63, 3.8) is 0 Å². The Morgan fingerprint density at radius 2 is 1.91 bits per heavy atom. The summed E-state index contributed by atoms with van der Waals surface area (Å²) in [4.78, 5) is 34.0. The number of carbonyl (C=O) groups is 3. The van der Waals surface area contributed by atoms with Crippen LogP contribution in [0.4, 0.5) is 10.5 Å². The number of carbonyl (C=O) groups excluding carboxylic acids is 3. The van der Waals surface area contributed by atoms with E-state index in [-0.39, 0.29) is 37.4 Å². The summed E-state index contributed by atoms with van der Waals surface area (Å²) in [5, 5.41) is 7.71. The van der Waals surface area contributed by atoms with Crippen LogP contribution in [-0.4, -0.2) is 43.5 Å². The van der Waals surface area contributed by atoms with Crippen LogP contribution in [0.25, 0.3) is 0 Å². The molecule has 0 aliphatic heterocycles. The molecule has 0 spiro atoms. The molecule has 0 fully saturated rings. The Morgan fingerprint density at radius 1 is 1.18 bits per heavy atom. The van der Waals surface area contributed by atoms with E-state index in [1.807, 2.05) is 0 Å². The molecule has 0 aromatic heterocycles. The Balaban J connectivity index is 2.36. The van der Waals surface area contributed by atoms with Gasteiger partial charge in [-0.15, -0.1) is 11.6 Å². The molecule has 0 atom stereocenters. The minimum absolute atomic E-state index is 0.135. The average molecular weight is 328 g/mol. The van der Waals surface area contributed by atoms with E-state index in [2.05, 4.69) is 16.0 Å². The Morgan fingerprint density at radius 3 is 2.59 bits per heavy atom. The second-order valence-electron chi connectivity index (χ2n) is 4.27. The lowest BCUT2D eigenvalue weighted by molar-refractivity contribution is -0.114. The van der Waals surface area contributed by atoms with E-state index in [0.29, 0.717) is 11.3 Å². The van der Waals surface area contributed by atoms with Crippen molar-refractivity contribution in [1.82, 2.24) is 10.6 Å². The molecule has 1 rings (SSSR count). The minimum atomic E-state index is -0.581. The molecular formula is C14H18ClN3O4. The summed E-state index contributed by atoms with van der Waals surface area (Å²) in [7, 11) is 0. The minimum Gasteiger partial charge on any atom is -0.448 e. The summed E-state index contributed by atoms with van der Waals surface area (Å²) in [6.45, 7) is 2.01. The highest BCUT2D eigenvalue weighted by atomic mass is 35.5. The molecule has 0 unspecified atom stereocenters. The van der Waals surface area contributed by atoms with Crippen LogP contribution in [0.1, 0.15) is 17.3 Å². The Kier molecular flexibility index (Phi) is 7.77. The molecule has 0 saturated carbocycles. The van der Waals surface area contributed by atoms with E-state index in [1.54, 1.807) is 24.3 Å². The quantitative estimate of drug-likeness (QED) is 0.520. The first-order valence-corrected chi connectivity index (χ1v) is 7.19. The van der Waals surface area contributed by atoms with Gasteiger partial charge in [-0.1, -0.05) is 6.07 Å². The molecule has 120 valence electrons. The van der Waals surface area contributed by atoms with Crippen LogP contribution in [0.3, 0.4) is 0 Å². The first kappa shape index (κ1) is 17.8. The number of amides is 3. The van der Waals surface area contributed by atoms with E-state index in [9.17, 15) is 14.4 Å². The number of alkyl carbamates (subject to hydrolysis) is 1. The maximum absolute atomic E-state index is 11.9. The lowest BCUT2D eigenvalue weighted by atomic mass is 10.2. The van der Waals surface area contributed by atoms with Crippen molar-refractivity contribution < 1.29 is 19.1 Å². The summed E-state index contributed by atoms with van der Waals surface area (Å²) >= 11 is 5.37. The maximum Gasteiger partial charge on any atom is 0.407 e. The van der Waals surface area contributed by atoms with Gasteiger partial charge in [0.1, 0.15) is 6.61 Å². The third kappa shape index (κ3) is 6.94. The van der Waals surface area contributed by atoms with Crippen molar-refractivity contribution in [1.29, 1.82) is 0 Å². The van der Waals surface area contributed by atoms with Gasteiger partial charge in [-0.05, 0) is 18.2 Å². The van der Waals surface area contributed by atoms with Crippen LogP contribution in [0.15, 0.2) is 24.3 Å². The molecule has 0 aliphatic carbocycles. The fourth-order valence-electron chi connectivity index (χ4n) is 1.57. The van der Waals surface area contributed by atoms with Crippen molar-refractivity contribution in [3.05, 3.63) is 29.8 Å². The molecule has 8 heteroatoms. The first-order valence-electron chi connectivity index (χ1n) is 6.65. The number of benzene rings is 1. The second kappa shape index (κ2) is 9.62. The number of ether oxygens (including phenoxy) is 1. The standard InChI is InChI=1S/C14H18ClN3O4/c1-10(19)18-12-4-2-3-11(9-12)13(20)16-6-7-17-14(21)22-8-5-15/h2-4,9H,5-8H2,1H3,(H,16,20)(H,17,21)(H,18,19). The summed E-state index contributed by atoms with van der Waals surface area (Å²) in [5.41, 5.74) is 0.957. The van der Waals surface area contributed by atoms with Gasteiger partial charge in [-0.25, -0.2) is 4.79 Å². The number of rotatable bonds is 7. The van der Waals surface area contributed by atoms with Gasteiger partial charge in [0.25, 0.3) is 5.91 Å². The number of hydrogen-bond acceptors (Lipinski definition) is 4. The molecule has 3 amide bonds. The molecule has 0 heterocycles. The highest BCUT2D eigenvalue weighted by molar-refractivity contribution is 6.18. The fraction of sp³-hybridized carbons (Fsp3) is 0.357. The Bertz CT molecular complexity index is 537. The second-order valence-corrected chi connectivity index (χ2v) is 4.65. The van der Waals surface area contributed by atoms with Gasteiger partial charge in [0.05, 0.1) is 5.88 Å². The van der Waals surface area contributed by atoms with Crippen molar-refractivity contribution >= 4 is 35.2 Å².